The second-order valence-electron chi connectivity index (χ2n) is 5.37. The molecule has 22 heavy (non-hydrogen) atoms. The molecule has 0 saturated carbocycles. The molecule has 1 heterocycles. The van der Waals surface area contributed by atoms with Crippen molar-refractivity contribution in [3.05, 3.63) is 24.4 Å². The van der Waals surface area contributed by atoms with Gasteiger partial charge in [-0.05, 0) is 32.0 Å². The number of hydrogen-bond acceptors (Lipinski definition) is 4. The molecule has 0 unspecified atom stereocenters. The molecule has 1 aromatic carbocycles. The summed E-state index contributed by atoms with van der Waals surface area (Å²) in [5.74, 6) is -1.03. The second-order valence-corrected chi connectivity index (χ2v) is 7.42. The summed E-state index contributed by atoms with van der Waals surface area (Å²) in [5.41, 5.74) is 0.863. The highest BCUT2D eigenvalue weighted by Crippen LogP contribution is 2.23. The number of fused-ring (bicyclic) bond motifs is 1. The number of aliphatic carboxylic acids is 1. The van der Waals surface area contributed by atoms with Crippen LogP contribution in [0, 0.1) is 0 Å². The first-order chi connectivity index (χ1) is 10.2. The average molecular weight is 325 g/mol. The van der Waals surface area contributed by atoms with Crippen LogP contribution in [0.5, 0.6) is 0 Å². The van der Waals surface area contributed by atoms with Gasteiger partial charge in [-0.2, -0.15) is 5.10 Å². The maximum absolute atomic E-state index is 12.4. The Labute approximate surface area is 129 Å². The minimum atomic E-state index is -3.70. The van der Waals surface area contributed by atoms with Crippen LogP contribution in [0.4, 0.5) is 0 Å². The van der Waals surface area contributed by atoms with E-state index in [4.69, 9.17) is 5.11 Å². The Balaban J connectivity index is 2.35. The Bertz CT molecular complexity index is 796. The number of carbonyl (C=O) groups is 1. The van der Waals surface area contributed by atoms with Crippen molar-refractivity contribution in [2.45, 2.75) is 31.2 Å². The van der Waals surface area contributed by atoms with E-state index in [-0.39, 0.29) is 23.9 Å². The van der Waals surface area contributed by atoms with Crippen LogP contribution < -0.4 is 0 Å². The molecule has 120 valence electrons. The van der Waals surface area contributed by atoms with Gasteiger partial charge in [0.25, 0.3) is 0 Å². The van der Waals surface area contributed by atoms with E-state index in [0.29, 0.717) is 0 Å². The fourth-order valence-electron chi connectivity index (χ4n) is 2.16. The molecular formula is C14H19N3O4S. The Kier molecular flexibility index (Phi) is 4.52. The van der Waals surface area contributed by atoms with Gasteiger partial charge in [0.05, 0.1) is 23.0 Å². The van der Waals surface area contributed by atoms with E-state index in [1.165, 1.54) is 13.1 Å². The van der Waals surface area contributed by atoms with Gasteiger partial charge in [-0.3, -0.25) is 9.48 Å². The van der Waals surface area contributed by atoms with Gasteiger partial charge >= 0.3 is 5.97 Å². The van der Waals surface area contributed by atoms with E-state index in [1.807, 2.05) is 18.5 Å². The highest BCUT2D eigenvalue weighted by molar-refractivity contribution is 7.89. The third kappa shape index (κ3) is 3.12. The van der Waals surface area contributed by atoms with Crippen molar-refractivity contribution in [3.63, 3.8) is 0 Å². The van der Waals surface area contributed by atoms with Gasteiger partial charge in [0.15, 0.2) is 0 Å². The van der Waals surface area contributed by atoms with E-state index >= 15 is 0 Å². The number of benzene rings is 1. The highest BCUT2D eigenvalue weighted by Gasteiger charge is 2.22. The zero-order chi connectivity index (χ0) is 16.5. The zero-order valence-electron chi connectivity index (χ0n) is 12.7. The Morgan fingerprint density at radius 3 is 2.68 bits per heavy atom. The SMILES string of the molecule is CC(C)n1ncc2cc(S(=O)(=O)N(C)CCC(=O)O)ccc21. The molecule has 0 fully saturated rings. The molecule has 2 rings (SSSR count). The number of nitrogens with zero attached hydrogens (tertiary/aromatic N) is 3. The van der Waals surface area contributed by atoms with E-state index in [9.17, 15) is 13.2 Å². The maximum Gasteiger partial charge on any atom is 0.304 e. The van der Waals surface area contributed by atoms with Gasteiger partial charge in [0.2, 0.25) is 10.0 Å². The van der Waals surface area contributed by atoms with Crippen LogP contribution in [0.15, 0.2) is 29.3 Å². The van der Waals surface area contributed by atoms with Crippen molar-refractivity contribution < 1.29 is 18.3 Å². The fourth-order valence-corrected chi connectivity index (χ4v) is 3.36. The first kappa shape index (κ1) is 16.4. The van der Waals surface area contributed by atoms with Crippen LogP contribution >= 0.6 is 0 Å². The molecular weight excluding hydrogens is 306 g/mol. The predicted molar refractivity (Wildman–Crippen MR) is 82.2 cm³/mol. The largest absolute Gasteiger partial charge is 0.481 e. The molecule has 0 aliphatic heterocycles. The first-order valence-corrected chi connectivity index (χ1v) is 8.33. The van der Waals surface area contributed by atoms with Crippen molar-refractivity contribution in [2.75, 3.05) is 13.6 Å². The lowest BCUT2D eigenvalue weighted by molar-refractivity contribution is -0.137. The normalized spacial score (nSPS) is 12.4. The van der Waals surface area contributed by atoms with Crippen molar-refractivity contribution in [1.82, 2.24) is 14.1 Å². The number of carboxylic acid groups (broad SMARTS) is 1. The van der Waals surface area contributed by atoms with Gasteiger partial charge in [-0.15, -0.1) is 0 Å². The Hall–Kier alpha value is -1.93. The topological polar surface area (TPSA) is 92.5 Å². The molecule has 2 aromatic rings. The monoisotopic (exact) mass is 325 g/mol. The van der Waals surface area contributed by atoms with Crippen LogP contribution in [-0.4, -0.2) is 47.2 Å². The van der Waals surface area contributed by atoms with Gasteiger partial charge < -0.3 is 5.11 Å². The molecule has 0 aliphatic rings. The van der Waals surface area contributed by atoms with Crippen LogP contribution in [0.1, 0.15) is 26.3 Å². The van der Waals surface area contributed by atoms with Crippen molar-refractivity contribution in [1.29, 1.82) is 0 Å². The minimum Gasteiger partial charge on any atom is -0.481 e. The summed E-state index contributed by atoms with van der Waals surface area (Å²) in [5, 5.41) is 13.7. The predicted octanol–water partition coefficient (Wildman–Crippen LogP) is 1.71. The Morgan fingerprint density at radius 2 is 2.09 bits per heavy atom. The van der Waals surface area contributed by atoms with Crippen LogP contribution in [0.3, 0.4) is 0 Å². The van der Waals surface area contributed by atoms with Crippen LogP contribution in [0.25, 0.3) is 10.9 Å². The molecule has 0 radical (unpaired) electrons. The summed E-state index contributed by atoms with van der Waals surface area (Å²) in [6.45, 7) is 3.93. The highest BCUT2D eigenvalue weighted by atomic mass is 32.2. The lowest BCUT2D eigenvalue weighted by atomic mass is 10.2. The molecule has 1 aromatic heterocycles. The van der Waals surface area contributed by atoms with Gasteiger partial charge in [0.1, 0.15) is 0 Å². The quantitative estimate of drug-likeness (QED) is 0.873. The van der Waals surface area contributed by atoms with Gasteiger partial charge in [-0.25, -0.2) is 12.7 Å². The Morgan fingerprint density at radius 1 is 1.41 bits per heavy atom. The standard InChI is InChI=1S/C14H19N3O4S/c1-10(2)17-13-5-4-12(8-11(13)9-15-17)22(20,21)16(3)7-6-14(18)19/h4-5,8-10H,6-7H2,1-3H3,(H,18,19). The number of carboxylic acids is 1. The average Bonchev–Trinajstić information content (AvgIpc) is 2.87. The molecule has 0 bridgehead atoms. The molecule has 0 amide bonds. The van der Waals surface area contributed by atoms with E-state index in [2.05, 4.69) is 5.10 Å². The van der Waals surface area contributed by atoms with E-state index < -0.39 is 16.0 Å². The van der Waals surface area contributed by atoms with Gasteiger partial charge in [0, 0.05) is 25.0 Å². The first-order valence-electron chi connectivity index (χ1n) is 6.89. The summed E-state index contributed by atoms with van der Waals surface area (Å²) >= 11 is 0. The molecule has 1 N–H and O–H groups in total. The van der Waals surface area contributed by atoms with E-state index in [1.54, 1.807) is 18.3 Å². The molecule has 0 saturated heterocycles. The summed E-state index contributed by atoms with van der Waals surface area (Å²) in [6.07, 6.45) is 1.40. The second kappa shape index (κ2) is 6.05. The summed E-state index contributed by atoms with van der Waals surface area (Å²) in [4.78, 5) is 10.7. The number of rotatable bonds is 6. The van der Waals surface area contributed by atoms with Crippen LogP contribution in [0.2, 0.25) is 0 Å². The van der Waals surface area contributed by atoms with Crippen molar-refractivity contribution >= 4 is 26.9 Å². The third-order valence-corrected chi connectivity index (χ3v) is 5.26. The summed E-state index contributed by atoms with van der Waals surface area (Å²) in [6, 6.07) is 4.99. The number of sulfonamides is 1. The molecule has 0 aliphatic carbocycles. The lowest BCUT2D eigenvalue weighted by Gasteiger charge is -2.16. The van der Waals surface area contributed by atoms with E-state index in [0.717, 1.165) is 15.2 Å². The van der Waals surface area contributed by atoms with Crippen molar-refractivity contribution in [3.8, 4) is 0 Å². The molecule has 0 atom stereocenters. The maximum atomic E-state index is 12.4. The summed E-state index contributed by atoms with van der Waals surface area (Å²) < 4.78 is 27.7. The minimum absolute atomic E-state index is 0.0685. The number of aromatic nitrogens is 2. The zero-order valence-corrected chi connectivity index (χ0v) is 13.5. The molecule has 7 nitrogen and oxygen atoms in total. The number of hydrogen-bond donors (Lipinski definition) is 1. The van der Waals surface area contributed by atoms with Crippen LogP contribution in [-0.2, 0) is 14.8 Å². The summed E-state index contributed by atoms with van der Waals surface area (Å²) in [7, 11) is -2.33. The fraction of sp³-hybridized carbons (Fsp3) is 0.429. The molecule has 0 spiro atoms. The lowest BCUT2D eigenvalue weighted by Crippen LogP contribution is -2.29. The van der Waals surface area contributed by atoms with Gasteiger partial charge in [-0.1, -0.05) is 0 Å². The molecule has 8 heteroatoms. The smallest absolute Gasteiger partial charge is 0.304 e. The van der Waals surface area contributed by atoms with Crippen molar-refractivity contribution in [2.24, 2.45) is 0 Å². The third-order valence-electron chi connectivity index (χ3n) is 3.40.